The van der Waals surface area contributed by atoms with Gasteiger partial charge in [0.25, 0.3) is 0 Å². The third-order valence-electron chi connectivity index (χ3n) is 1.60. The van der Waals surface area contributed by atoms with Crippen LogP contribution in [-0.2, 0) is 0 Å². The van der Waals surface area contributed by atoms with Crippen LogP contribution in [0.3, 0.4) is 0 Å². The molecule has 1 atom stereocenters. The fraction of sp³-hybridized carbons (Fsp3) is 0.667. The van der Waals surface area contributed by atoms with E-state index in [1.807, 2.05) is 0 Å². The van der Waals surface area contributed by atoms with E-state index in [1.165, 1.54) is 0 Å². The van der Waals surface area contributed by atoms with Gasteiger partial charge in [-0.25, -0.2) is 0 Å². The zero-order chi connectivity index (χ0) is 9.94. The molecule has 0 fully saturated rings. The quantitative estimate of drug-likeness (QED) is 0.479. The number of nitriles is 3. The summed E-state index contributed by atoms with van der Waals surface area (Å²) in [4.78, 5) is 0. The van der Waals surface area contributed by atoms with Crippen molar-refractivity contribution in [3.05, 3.63) is 0 Å². The Labute approximate surface area is 80.3 Å². The maximum atomic E-state index is 8.51. The van der Waals surface area contributed by atoms with E-state index in [0.29, 0.717) is 19.0 Å². The molecule has 0 aromatic rings. The lowest BCUT2D eigenvalue weighted by Gasteiger charge is -2.10. The fourth-order valence-corrected chi connectivity index (χ4v) is 2.72. The average Bonchev–Trinajstić information content (AvgIpc) is 2.14. The largest absolute Gasteiger partial charge is 0.198 e. The van der Waals surface area contributed by atoms with E-state index in [4.69, 9.17) is 15.8 Å². The average molecular weight is 193 g/mol. The van der Waals surface area contributed by atoms with Crippen LogP contribution in [0.25, 0.3) is 0 Å². The second-order valence-electron chi connectivity index (χ2n) is 2.60. The number of unbranched alkanes of at least 4 members (excludes halogenated alkanes) is 1. The van der Waals surface area contributed by atoms with Gasteiger partial charge in [0, 0.05) is 12.8 Å². The zero-order valence-electron chi connectivity index (χ0n) is 7.53. The molecular weight excluding hydrogens is 181 g/mol. The summed E-state index contributed by atoms with van der Waals surface area (Å²) in [6.07, 6.45) is 4.36. The van der Waals surface area contributed by atoms with Crippen LogP contribution in [0.4, 0.5) is 0 Å². The second-order valence-corrected chi connectivity index (χ2v) is 5.16. The predicted molar refractivity (Wildman–Crippen MR) is 52.2 cm³/mol. The van der Waals surface area contributed by atoms with E-state index in [0.717, 1.165) is 18.7 Å². The molecule has 0 spiro atoms. The minimum absolute atomic E-state index is 0.313. The number of nitrogens with zero attached hydrogens (tertiary/aromatic N) is 3. The van der Waals surface area contributed by atoms with Crippen LogP contribution in [0.5, 0.6) is 0 Å². The van der Waals surface area contributed by atoms with Crippen molar-refractivity contribution < 1.29 is 0 Å². The standard InChI is InChI=1S/C9H12N3P/c10-4-1-2-7-13(9-6-12)8-3-5-11/h1-3,7-9H2. The molecule has 68 valence electrons. The molecule has 0 rings (SSSR count). The number of hydrogen-bond acceptors (Lipinski definition) is 3. The Kier molecular flexibility index (Phi) is 8.23. The highest BCUT2D eigenvalue weighted by molar-refractivity contribution is 7.57. The van der Waals surface area contributed by atoms with E-state index in [9.17, 15) is 0 Å². The van der Waals surface area contributed by atoms with Gasteiger partial charge in [0.2, 0.25) is 0 Å². The second kappa shape index (κ2) is 8.99. The minimum atomic E-state index is -0.313. The van der Waals surface area contributed by atoms with E-state index in [-0.39, 0.29) is 7.92 Å². The Morgan fingerprint density at radius 3 is 2.08 bits per heavy atom. The molecule has 0 aromatic heterocycles. The van der Waals surface area contributed by atoms with E-state index < -0.39 is 0 Å². The topological polar surface area (TPSA) is 71.4 Å². The van der Waals surface area contributed by atoms with E-state index in [2.05, 4.69) is 18.2 Å². The Balaban J connectivity index is 3.63. The van der Waals surface area contributed by atoms with Crippen LogP contribution in [0, 0.1) is 34.0 Å². The summed E-state index contributed by atoms with van der Waals surface area (Å²) in [5, 5.41) is 25.2. The summed E-state index contributed by atoms with van der Waals surface area (Å²) >= 11 is 0. The van der Waals surface area contributed by atoms with E-state index in [1.54, 1.807) is 0 Å². The minimum Gasteiger partial charge on any atom is -0.198 e. The molecule has 0 aliphatic rings. The molecule has 0 radical (unpaired) electrons. The highest BCUT2D eigenvalue weighted by Gasteiger charge is 2.06. The van der Waals surface area contributed by atoms with Crippen molar-refractivity contribution in [2.45, 2.75) is 19.3 Å². The van der Waals surface area contributed by atoms with Crippen LogP contribution in [0.15, 0.2) is 0 Å². The Hall–Kier alpha value is -1.10. The zero-order valence-corrected chi connectivity index (χ0v) is 8.43. The van der Waals surface area contributed by atoms with Crippen LogP contribution in [0.2, 0.25) is 0 Å². The first-order chi connectivity index (χ1) is 6.35. The normalized spacial score (nSPS) is 10.8. The molecule has 0 heterocycles. The van der Waals surface area contributed by atoms with Crippen LogP contribution in [0.1, 0.15) is 19.3 Å². The Bertz CT molecular complexity index is 243. The smallest absolute Gasteiger partial charge is 0.0668 e. The SMILES string of the molecule is N#CCCCP(CC#N)CCC#N. The van der Waals surface area contributed by atoms with Crippen molar-refractivity contribution in [2.75, 3.05) is 18.5 Å². The van der Waals surface area contributed by atoms with Crippen molar-refractivity contribution in [1.29, 1.82) is 15.8 Å². The molecule has 3 nitrogen and oxygen atoms in total. The first-order valence-electron chi connectivity index (χ1n) is 4.18. The molecule has 1 unspecified atom stereocenters. The van der Waals surface area contributed by atoms with Gasteiger partial charge >= 0.3 is 0 Å². The summed E-state index contributed by atoms with van der Waals surface area (Å²) in [5.41, 5.74) is 0. The predicted octanol–water partition coefficient (Wildman–Crippen LogP) is 2.21. The van der Waals surface area contributed by atoms with Gasteiger partial charge in [-0.05, 0) is 18.7 Å². The lowest BCUT2D eigenvalue weighted by atomic mass is 10.4. The fourth-order valence-electron chi connectivity index (χ4n) is 0.960. The van der Waals surface area contributed by atoms with Crippen LogP contribution in [-0.4, -0.2) is 18.5 Å². The molecule has 0 N–H and O–H groups in total. The van der Waals surface area contributed by atoms with Gasteiger partial charge in [0.1, 0.15) is 0 Å². The Morgan fingerprint density at radius 2 is 1.54 bits per heavy atom. The molecule has 13 heavy (non-hydrogen) atoms. The summed E-state index contributed by atoms with van der Waals surface area (Å²) in [5.74, 6) is 0. The van der Waals surface area contributed by atoms with Crippen molar-refractivity contribution in [3.63, 3.8) is 0 Å². The van der Waals surface area contributed by atoms with Gasteiger partial charge in [-0.2, -0.15) is 15.8 Å². The number of hydrogen-bond donors (Lipinski definition) is 0. The van der Waals surface area contributed by atoms with Crippen molar-refractivity contribution >= 4 is 7.92 Å². The van der Waals surface area contributed by atoms with Gasteiger partial charge < -0.3 is 0 Å². The molecular formula is C9H12N3P. The lowest BCUT2D eigenvalue weighted by molar-refractivity contribution is 0.970. The summed E-state index contributed by atoms with van der Waals surface area (Å²) in [7, 11) is -0.313. The first-order valence-corrected chi connectivity index (χ1v) is 6.08. The highest BCUT2D eigenvalue weighted by atomic mass is 31.1. The molecule has 0 saturated carbocycles. The van der Waals surface area contributed by atoms with Crippen LogP contribution < -0.4 is 0 Å². The molecule has 0 aliphatic carbocycles. The molecule has 0 amide bonds. The number of rotatable bonds is 6. The molecule has 0 bridgehead atoms. The van der Waals surface area contributed by atoms with Gasteiger partial charge in [0.05, 0.1) is 24.4 Å². The molecule has 0 saturated heterocycles. The highest BCUT2D eigenvalue weighted by Crippen LogP contribution is 2.36. The van der Waals surface area contributed by atoms with E-state index >= 15 is 0 Å². The summed E-state index contributed by atoms with van der Waals surface area (Å²) in [6.45, 7) is 0. The molecule has 0 aliphatic heterocycles. The Morgan fingerprint density at radius 1 is 0.846 bits per heavy atom. The van der Waals surface area contributed by atoms with Crippen molar-refractivity contribution in [2.24, 2.45) is 0 Å². The van der Waals surface area contributed by atoms with Gasteiger partial charge in [0.15, 0.2) is 0 Å². The van der Waals surface area contributed by atoms with Crippen LogP contribution >= 0.6 is 7.92 Å². The van der Waals surface area contributed by atoms with Crippen molar-refractivity contribution in [1.82, 2.24) is 0 Å². The lowest BCUT2D eigenvalue weighted by Crippen LogP contribution is -1.93. The third kappa shape index (κ3) is 7.27. The molecule has 4 heteroatoms. The van der Waals surface area contributed by atoms with Crippen molar-refractivity contribution in [3.8, 4) is 18.2 Å². The molecule has 0 aromatic carbocycles. The maximum absolute atomic E-state index is 8.51. The van der Waals surface area contributed by atoms with Gasteiger partial charge in [-0.3, -0.25) is 0 Å². The van der Waals surface area contributed by atoms with Gasteiger partial charge in [-0.15, -0.1) is 0 Å². The monoisotopic (exact) mass is 193 g/mol. The summed E-state index contributed by atoms with van der Waals surface area (Å²) in [6, 6.07) is 6.31. The van der Waals surface area contributed by atoms with Gasteiger partial charge in [-0.1, -0.05) is 7.92 Å². The first kappa shape index (κ1) is 11.9. The third-order valence-corrected chi connectivity index (χ3v) is 3.99. The maximum Gasteiger partial charge on any atom is 0.0668 e. The summed E-state index contributed by atoms with van der Waals surface area (Å²) < 4.78 is 0.